The molecule has 4 aromatic carbocycles. The van der Waals surface area contributed by atoms with Crippen LogP contribution in [0.2, 0.25) is 0 Å². The van der Waals surface area contributed by atoms with Crippen molar-refractivity contribution in [1.29, 1.82) is 0 Å². The Kier molecular flexibility index (Phi) is 8.90. The average Bonchev–Trinajstić information content (AvgIpc) is 3.23. The number of benzene rings is 4. The van der Waals surface area contributed by atoms with Gasteiger partial charge in [-0.2, -0.15) is 0 Å². The van der Waals surface area contributed by atoms with Gasteiger partial charge in [-0.05, 0) is 97.6 Å². The molecular formula is C35H34N2O3S. The van der Waals surface area contributed by atoms with Crippen LogP contribution in [0.25, 0.3) is 6.08 Å². The lowest BCUT2D eigenvalue weighted by molar-refractivity contribution is -0.122. The fourth-order valence-electron chi connectivity index (χ4n) is 4.85. The number of carbonyl (C=O) groups excluding carboxylic acids is 1. The van der Waals surface area contributed by atoms with Crippen LogP contribution < -0.4 is 9.47 Å². The Hall–Kier alpha value is -4.29. The highest BCUT2D eigenvalue weighted by Crippen LogP contribution is 2.37. The van der Waals surface area contributed by atoms with E-state index in [-0.39, 0.29) is 5.91 Å². The van der Waals surface area contributed by atoms with Crippen molar-refractivity contribution in [2.24, 2.45) is 4.99 Å². The van der Waals surface area contributed by atoms with Crippen LogP contribution >= 0.6 is 11.8 Å². The molecule has 0 atom stereocenters. The van der Waals surface area contributed by atoms with E-state index in [0.717, 1.165) is 16.8 Å². The quantitative estimate of drug-likeness (QED) is 0.192. The molecule has 1 heterocycles. The first kappa shape index (κ1) is 28.2. The topological polar surface area (TPSA) is 51.1 Å². The van der Waals surface area contributed by atoms with Crippen molar-refractivity contribution in [2.45, 2.75) is 40.8 Å². The van der Waals surface area contributed by atoms with E-state index in [1.165, 1.54) is 34.0 Å². The summed E-state index contributed by atoms with van der Waals surface area (Å²) in [6.07, 6.45) is 1.90. The van der Waals surface area contributed by atoms with E-state index < -0.39 is 0 Å². The Morgan fingerprint density at radius 2 is 1.51 bits per heavy atom. The number of para-hydroxylation sites is 1. The molecule has 208 valence electrons. The molecule has 1 aliphatic rings. The van der Waals surface area contributed by atoms with Gasteiger partial charge in [-0.3, -0.25) is 9.69 Å². The smallest absolute Gasteiger partial charge is 0.267 e. The second-order valence-electron chi connectivity index (χ2n) is 10.0. The zero-order valence-corrected chi connectivity index (χ0v) is 24.7. The van der Waals surface area contributed by atoms with E-state index in [9.17, 15) is 4.79 Å². The lowest BCUT2D eigenvalue weighted by Gasteiger charge is -2.16. The lowest BCUT2D eigenvalue weighted by Crippen LogP contribution is -2.28. The van der Waals surface area contributed by atoms with E-state index in [0.29, 0.717) is 41.3 Å². The number of carbonyl (C=O) groups is 1. The van der Waals surface area contributed by atoms with Crippen molar-refractivity contribution in [2.75, 3.05) is 6.61 Å². The highest BCUT2D eigenvalue weighted by molar-refractivity contribution is 8.18. The molecule has 4 aromatic rings. The van der Waals surface area contributed by atoms with Crippen LogP contribution in [-0.2, 0) is 17.9 Å². The monoisotopic (exact) mass is 562 g/mol. The van der Waals surface area contributed by atoms with Crippen LogP contribution in [0.1, 0.15) is 40.3 Å². The van der Waals surface area contributed by atoms with Gasteiger partial charge in [-0.1, -0.05) is 72.3 Å². The van der Waals surface area contributed by atoms with Gasteiger partial charge >= 0.3 is 0 Å². The number of aliphatic imine (C=N–C) groups is 1. The molecule has 0 spiro atoms. The van der Waals surface area contributed by atoms with Crippen LogP contribution in [0.4, 0.5) is 5.69 Å². The minimum Gasteiger partial charge on any atom is -0.490 e. The van der Waals surface area contributed by atoms with Gasteiger partial charge in [0.25, 0.3) is 5.91 Å². The van der Waals surface area contributed by atoms with Crippen molar-refractivity contribution in [1.82, 2.24) is 4.90 Å². The first-order valence-corrected chi connectivity index (χ1v) is 14.6. The van der Waals surface area contributed by atoms with Crippen LogP contribution in [-0.4, -0.2) is 22.6 Å². The van der Waals surface area contributed by atoms with Crippen LogP contribution in [0.15, 0.2) is 101 Å². The normalized spacial score (nSPS) is 15.1. The number of hydrogen-bond donors (Lipinski definition) is 0. The molecule has 0 radical (unpaired) electrons. The second kappa shape index (κ2) is 12.9. The van der Waals surface area contributed by atoms with Gasteiger partial charge < -0.3 is 9.47 Å². The summed E-state index contributed by atoms with van der Waals surface area (Å²) in [5.74, 6) is 1.26. The molecule has 0 saturated carbocycles. The third kappa shape index (κ3) is 6.90. The molecule has 1 aliphatic heterocycles. The van der Waals surface area contributed by atoms with E-state index in [1.54, 1.807) is 4.90 Å². The van der Waals surface area contributed by atoms with Gasteiger partial charge in [0, 0.05) is 0 Å². The Labute approximate surface area is 246 Å². The van der Waals surface area contributed by atoms with Gasteiger partial charge in [0.15, 0.2) is 16.7 Å². The number of rotatable bonds is 9. The van der Waals surface area contributed by atoms with Gasteiger partial charge in [-0.25, -0.2) is 4.99 Å². The Morgan fingerprint density at radius 1 is 0.829 bits per heavy atom. The Bertz CT molecular complexity index is 1570. The standard InChI is InChI=1S/C35H34N2O3S/c1-5-39-32-20-28(16-17-31(32)40-23-30-25(3)18-24(2)19-26(30)4)21-33-34(38)37(22-27-12-8-6-9-13-27)35(41-33)36-29-14-10-7-11-15-29/h6-21H,5,22-23H2,1-4H3/b33-21+,36-35?. The summed E-state index contributed by atoms with van der Waals surface area (Å²) in [5, 5.41) is 0.658. The number of thioether (sulfide) groups is 1. The minimum absolute atomic E-state index is 0.0721. The molecule has 6 heteroatoms. The molecule has 0 aliphatic carbocycles. The van der Waals surface area contributed by atoms with Gasteiger partial charge in [0.2, 0.25) is 0 Å². The van der Waals surface area contributed by atoms with E-state index in [2.05, 4.69) is 32.9 Å². The van der Waals surface area contributed by atoms with Crippen molar-refractivity contribution in [3.8, 4) is 11.5 Å². The zero-order chi connectivity index (χ0) is 28.8. The maximum atomic E-state index is 13.6. The zero-order valence-electron chi connectivity index (χ0n) is 23.9. The van der Waals surface area contributed by atoms with Gasteiger partial charge in [0.1, 0.15) is 6.61 Å². The SMILES string of the molecule is CCOc1cc(/C=C2/SC(=Nc3ccccc3)N(Cc3ccccc3)C2=O)ccc1OCc1c(C)cc(C)cc1C. The van der Waals surface area contributed by atoms with Crippen molar-refractivity contribution in [3.05, 3.63) is 129 Å². The predicted molar refractivity (Wildman–Crippen MR) is 169 cm³/mol. The van der Waals surface area contributed by atoms with Crippen LogP contribution in [0.5, 0.6) is 11.5 Å². The molecular weight excluding hydrogens is 528 g/mol. The predicted octanol–water partition coefficient (Wildman–Crippen LogP) is 8.39. The molecule has 1 fully saturated rings. The summed E-state index contributed by atoms with van der Waals surface area (Å²) < 4.78 is 12.2. The van der Waals surface area contributed by atoms with E-state index in [1.807, 2.05) is 91.9 Å². The number of ether oxygens (including phenoxy) is 2. The molecule has 0 bridgehead atoms. The van der Waals surface area contributed by atoms with Crippen LogP contribution in [0, 0.1) is 20.8 Å². The highest BCUT2D eigenvalue weighted by atomic mass is 32.2. The van der Waals surface area contributed by atoms with Crippen molar-refractivity contribution >= 4 is 34.6 Å². The summed E-state index contributed by atoms with van der Waals surface area (Å²) in [6, 6.07) is 29.9. The van der Waals surface area contributed by atoms with Gasteiger partial charge in [0.05, 0.1) is 23.7 Å². The number of amidine groups is 1. The third-order valence-electron chi connectivity index (χ3n) is 6.83. The van der Waals surface area contributed by atoms with Crippen molar-refractivity contribution in [3.63, 3.8) is 0 Å². The summed E-state index contributed by atoms with van der Waals surface area (Å²) in [5.41, 5.74) is 7.57. The number of nitrogens with zero attached hydrogens (tertiary/aromatic N) is 2. The Morgan fingerprint density at radius 3 is 2.20 bits per heavy atom. The fraction of sp³-hybridized carbons (Fsp3) is 0.200. The molecule has 0 unspecified atom stereocenters. The molecule has 5 nitrogen and oxygen atoms in total. The molecule has 0 N–H and O–H groups in total. The summed E-state index contributed by atoms with van der Waals surface area (Å²) in [6.45, 7) is 9.70. The molecule has 5 rings (SSSR count). The number of aryl methyl sites for hydroxylation is 3. The largest absolute Gasteiger partial charge is 0.490 e. The van der Waals surface area contributed by atoms with Crippen molar-refractivity contribution < 1.29 is 14.3 Å². The molecule has 1 amide bonds. The maximum absolute atomic E-state index is 13.6. The van der Waals surface area contributed by atoms with E-state index in [4.69, 9.17) is 14.5 Å². The third-order valence-corrected chi connectivity index (χ3v) is 7.84. The summed E-state index contributed by atoms with van der Waals surface area (Å²) in [7, 11) is 0. The number of amides is 1. The summed E-state index contributed by atoms with van der Waals surface area (Å²) >= 11 is 1.39. The lowest BCUT2D eigenvalue weighted by atomic mass is 10.0. The second-order valence-corrected chi connectivity index (χ2v) is 11.0. The number of hydrogen-bond acceptors (Lipinski definition) is 5. The van der Waals surface area contributed by atoms with Gasteiger partial charge in [-0.15, -0.1) is 0 Å². The first-order valence-electron chi connectivity index (χ1n) is 13.8. The van der Waals surface area contributed by atoms with E-state index >= 15 is 0 Å². The fourth-order valence-corrected chi connectivity index (χ4v) is 5.85. The molecule has 1 saturated heterocycles. The highest BCUT2D eigenvalue weighted by Gasteiger charge is 2.33. The maximum Gasteiger partial charge on any atom is 0.267 e. The molecule has 0 aromatic heterocycles. The average molecular weight is 563 g/mol. The van der Waals surface area contributed by atoms with Crippen LogP contribution in [0.3, 0.4) is 0 Å². The molecule has 41 heavy (non-hydrogen) atoms. The minimum atomic E-state index is -0.0721. The Balaban J connectivity index is 1.42. The summed E-state index contributed by atoms with van der Waals surface area (Å²) in [4.78, 5) is 20.8. The first-order chi connectivity index (χ1) is 19.9.